The lowest BCUT2D eigenvalue weighted by atomic mass is 10.0. The van der Waals surface area contributed by atoms with E-state index in [1.54, 1.807) is 30.3 Å². The summed E-state index contributed by atoms with van der Waals surface area (Å²) in [5.74, 6) is -0.361. The summed E-state index contributed by atoms with van der Waals surface area (Å²) in [5.41, 5.74) is 6.42. The molecule has 0 saturated heterocycles. The van der Waals surface area contributed by atoms with Gasteiger partial charge in [0.25, 0.3) is 10.0 Å². The van der Waals surface area contributed by atoms with Crippen LogP contribution in [0.3, 0.4) is 0 Å². The van der Waals surface area contributed by atoms with E-state index in [-0.39, 0.29) is 27.6 Å². The van der Waals surface area contributed by atoms with E-state index in [9.17, 15) is 13.2 Å². The fourth-order valence-corrected chi connectivity index (χ4v) is 4.05. The number of benzene rings is 3. The topological polar surface area (TPSA) is 89.3 Å². The molecule has 0 radical (unpaired) electrons. The van der Waals surface area contributed by atoms with Crippen LogP contribution in [0.4, 0.5) is 11.4 Å². The predicted molar refractivity (Wildman–Crippen MR) is 108 cm³/mol. The molecular weight excluding hydrogens is 407 g/mol. The standard InChI is InChI=1S/C19H14Cl2N2O3S/c20-13-6-8-17(15(10-13)19(24)12-4-2-1-3-5-12)23-27(25,26)18-9-7-14(21)11-16(18)22/h1-11,23H,22H2. The Morgan fingerprint density at radius 2 is 1.52 bits per heavy atom. The lowest BCUT2D eigenvalue weighted by Crippen LogP contribution is -2.17. The molecule has 3 rings (SSSR count). The van der Waals surface area contributed by atoms with Gasteiger partial charge in [0.1, 0.15) is 4.90 Å². The Balaban J connectivity index is 2.04. The van der Waals surface area contributed by atoms with Crippen LogP contribution >= 0.6 is 23.2 Å². The van der Waals surface area contributed by atoms with Gasteiger partial charge in [0.05, 0.1) is 11.4 Å². The van der Waals surface area contributed by atoms with Crippen molar-refractivity contribution in [1.82, 2.24) is 0 Å². The number of nitrogens with two attached hydrogens (primary N) is 1. The first kappa shape index (κ1) is 19.2. The van der Waals surface area contributed by atoms with E-state index in [2.05, 4.69) is 4.72 Å². The summed E-state index contributed by atoms with van der Waals surface area (Å²) in [7, 11) is -4.04. The van der Waals surface area contributed by atoms with Crippen LogP contribution in [0.15, 0.2) is 71.6 Å². The number of hydrogen-bond donors (Lipinski definition) is 2. The molecule has 27 heavy (non-hydrogen) atoms. The highest BCUT2D eigenvalue weighted by Crippen LogP contribution is 2.28. The fraction of sp³-hybridized carbons (Fsp3) is 0. The highest BCUT2D eigenvalue weighted by atomic mass is 35.5. The van der Waals surface area contributed by atoms with Gasteiger partial charge in [0.2, 0.25) is 0 Å². The SMILES string of the molecule is Nc1cc(Cl)ccc1S(=O)(=O)Nc1ccc(Cl)cc1C(=O)c1ccccc1. The summed E-state index contributed by atoms with van der Waals surface area (Å²) in [5, 5.41) is 0.626. The molecular formula is C19H14Cl2N2O3S. The zero-order valence-electron chi connectivity index (χ0n) is 13.8. The van der Waals surface area contributed by atoms with Gasteiger partial charge in [-0.3, -0.25) is 9.52 Å². The number of carbonyl (C=O) groups is 1. The molecule has 0 saturated carbocycles. The van der Waals surface area contributed by atoms with Crippen LogP contribution < -0.4 is 10.5 Å². The van der Waals surface area contributed by atoms with Gasteiger partial charge < -0.3 is 5.73 Å². The van der Waals surface area contributed by atoms with Crippen molar-refractivity contribution in [3.05, 3.63) is 87.9 Å². The molecule has 5 nitrogen and oxygen atoms in total. The van der Waals surface area contributed by atoms with Gasteiger partial charge in [-0.2, -0.15) is 0 Å². The average molecular weight is 421 g/mol. The number of nitrogen functional groups attached to an aromatic ring is 1. The normalized spacial score (nSPS) is 11.2. The molecule has 0 aliphatic heterocycles. The van der Waals surface area contributed by atoms with Crippen molar-refractivity contribution < 1.29 is 13.2 Å². The maximum atomic E-state index is 12.8. The smallest absolute Gasteiger partial charge is 0.263 e. The quantitative estimate of drug-likeness (QED) is 0.465. The van der Waals surface area contributed by atoms with E-state index < -0.39 is 10.0 Å². The van der Waals surface area contributed by atoms with Crippen molar-refractivity contribution in [1.29, 1.82) is 0 Å². The minimum Gasteiger partial charge on any atom is -0.398 e. The average Bonchev–Trinajstić information content (AvgIpc) is 2.63. The number of halogens is 2. The maximum absolute atomic E-state index is 12.8. The zero-order valence-corrected chi connectivity index (χ0v) is 16.1. The number of hydrogen-bond acceptors (Lipinski definition) is 4. The number of sulfonamides is 1. The van der Waals surface area contributed by atoms with Gasteiger partial charge in [-0.1, -0.05) is 53.5 Å². The molecule has 0 aromatic heterocycles. The van der Waals surface area contributed by atoms with Crippen molar-refractivity contribution in [3.8, 4) is 0 Å². The Bertz CT molecular complexity index is 1120. The summed E-state index contributed by atoms with van der Waals surface area (Å²) in [4.78, 5) is 12.7. The van der Waals surface area contributed by atoms with Gasteiger partial charge in [0.15, 0.2) is 5.78 Å². The fourth-order valence-electron chi connectivity index (χ4n) is 2.50. The van der Waals surface area contributed by atoms with Crippen molar-refractivity contribution in [2.45, 2.75) is 4.90 Å². The molecule has 0 heterocycles. The Morgan fingerprint density at radius 1 is 0.889 bits per heavy atom. The van der Waals surface area contributed by atoms with E-state index in [0.29, 0.717) is 15.6 Å². The van der Waals surface area contributed by atoms with Gasteiger partial charge in [0, 0.05) is 21.2 Å². The summed E-state index contributed by atoms with van der Waals surface area (Å²) in [6.45, 7) is 0. The third kappa shape index (κ3) is 4.24. The van der Waals surface area contributed by atoms with Crippen LogP contribution in [0.2, 0.25) is 10.0 Å². The highest BCUT2D eigenvalue weighted by molar-refractivity contribution is 7.92. The van der Waals surface area contributed by atoms with Crippen LogP contribution in [0.25, 0.3) is 0 Å². The van der Waals surface area contributed by atoms with E-state index >= 15 is 0 Å². The molecule has 0 unspecified atom stereocenters. The predicted octanol–water partition coefficient (Wildman–Crippen LogP) is 4.61. The Kier molecular flexibility index (Phi) is 5.41. The highest BCUT2D eigenvalue weighted by Gasteiger charge is 2.22. The van der Waals surface area contributed by atoms with Crippen molar-refractivity contribution in [3.63, 3.8) is 0 Å². The number of ketones is 1. The van der Waals surface area contributed by atoms with Crippen LogP contribution in [0.1, 0.15) is 15.9 Å². The molecule has 0 aliphatic rings. The Morgan fingerprint density at radius 3 is 2.19 bits per heavy atom. The van der Waals surface area contributed by atoms with E-state index in [1.807, 2.05) is 0 Å². The second kappa shape index (κ2) is 7.60. The minimum atomic E-state index is -4.04. The second-order valence-electron chi connectivity index (χ2n) is 5.67. The van der Waals surface area contributed by atoms with Crippen LogP contribution in [0, 0.1) is 0 Å². The first-order valence-corrected chi connectivity index (χ1v) is 9.99. The van der Waals surface area contributed by atoms with Crippen LogP contribution in [-0.4, -0.2) is 14.2 Å². The summed E-state index contributed by atoms with van der Waals surface area (Å²) in [6.07, 6.45) is 0. The molecule has 0 aliphatic carbocycles. The third-order valence-corrected chi connectivity index (χ3v) is 5.68. The van der Waals surface area contributed by atoms with Crippen molar-refractivity contribution in [2.75, 3.05) is 10.5 Å². The van der Waals surface area contributed by atoms with Gasteiger partial charge in [-0.05, 0) is 36.4 Å². The molecule has 3 aromatic carbocycles. The van der Waals surface area contributed by atoms with E-state index in [4.69, 9.17) is 28.9 Å². The first-order chi connectivity index (χ1) is 12.8. The lowest BCUT2D eigenvalue weighted by molar-refractivity contribution is 0.103. The van der Waals surface area contributed by atoms with E-state index in [1.165, 1.54) is 36.4 Å². The minimum absolute atomic E-state index is 0.0000931. The third-order valence-electron chi connectivity index (χ3n) is 3.77. The van der Waals surface area contributed by atoms with Crippen LogP contribution in [-0.2, 0) is 10.0 Å². The monoisotopic (exact) mass is 420 g/mol. The maximum Gasteiger partial charge on any atom is 0.263 e. The Hall–Kier alpha value is -2.54. The summed E-state index contributed by atoms with van der Waals surface area (Å²) >= 11 is 11.8. The largest absolute Gasteiger partial charge is 0.398 e. The number of rotatable bonds is 5. The van der Waals surface area contributed by atoms with Crippen molar-refractivity contribution in [2.24, 2.45) is 0 Å². The van der Waals surface area contributed by atoms with Crippen LogP contribution in [0.5, 0.6) is 0 Å². The number of nitrogens with one attached hydrogen (secondary N) is 1. The molecule has 138 valence electrons. The molecule has 3 aromatic rings. The molecule has 0 fully saturated rings. The second-order valence-corrected chi connectivity index (χ2v) is 8.20. The molecule has 0 spiro atoms. The van der Waals surface area contributed by atoms with E-state index in [0.717, 1.165) is 0 Å². The molecule has 0 atom stereocenters. The number of carbonyl (C=O) groups excluding carboxylic acids is 1. The molecule has 0 bridgehead atoms. The van der Waals surface area contributed by atoms with Gasteiger partial charge in [-0.15, -0.1) is 0 Å². The first-order valence-electron chi connectivity index (χ1n) is 7.75. The molecule has 3 N–H and O–H groups in total. The lowest BCUT2D eigenvalue weighted by Gasteiger charge is -2.14. The molecule has 8 heteroatoms. The van der Waals surface area contributed by atoms with Gasteiger partial charge >= 0.3 is 0 Å². The zero-order chi connectivity index (χ0) is 19.6. The summed E-state index contributed by atoms with van der Waals surface area (Å²) in [6, 6.07) is 16.9. The number of anilines is 2. The summed E-state index contributed by atoms with van der Waals surface area (Å²) < 4.78 is 27.9. The Labute approximate surface area is 166 Å². The molecule has 0 amide bonds. The van der Waals surface area contributed by atoms with Gasteiger partial charge in [-0.25, -0.2) is 8.42 Å². The van der Waals surface area contributed by atoms with Crippen molar-refractivity contribution >= 4 is 50.4 Å².